The zero-order valence-corrected chi connectivity index (χ0v) is 18.7. The molecule has 5 rings (SSSR count). The summed E-state index contributed by atoms with van der Waals surface area (Å²) < 4.78 is 7.77. The minimum absolute atomic E-state index is 0.259. The molecule has 3 aromatic rings. The first-order valence-electron chi connectivity index (χ1n) is 11.6. The summed E-state index contributed by atoms with van der Waals surface area (Å²) in [5.74, 6) is 0. The first-order valence-corrected chi connectivity index (χ1v) is 11.6. The summed E-state index contributed by atoms with van der Waals surface area (Å²) in [4.78, 5) is 13.5. The molecule has 2 aliphatic heterocycles. The molecule has 0 N–H and O–H groups in total. The van der Waals surface area contributed by atoms with Crippen molar-refractivity contribution >= 4 is 5.69 Å². The van der Waals surface area contributed by atoms with E-state index >= 15 is 0 Å². The van der Waals surface area contributed by atoms with Crippen molar-refractivity contribution in [2.24, 2.45) is 0 Å². The van der Waals surface area contributed by atoms with Crippen LogP contribution in [0, 0.1) is 6.92 Å². The van der Waals surface area contributed by atoms with Crippen molar-refractivity contribution in [2.45, 2.75) is 45.4 Å². The van der Waals surface area contributed by atoms with Crippen LogP contribution in [0.2, 0.25) is 0 Å². The molecule has 0 spiro atoms. The van der Waals surface area contributed by atoms with Crippen LogP contribution in [-0.4, -0.2) is 68.8 Å². The SMILES string of the molecule is Cc1cc(N2CCN(Cc3cnccn3)CC2)ccc1-c1cn(CC2CCCCO2)nn1. The molecule has 4 heterocycles. The zero-order valence-electron chi connectivity index (χ0n) is 18.7. The number of aryl methyl sites for hydroxylation is 1. The Morgan fingerprint density at radius 1 is 1.09 bits per heavy atom. The van der Waals surface area contributed by atoms with Crippen LogP contribution in [0.4, 0.5) is 5.69 Å². The van der Waals surface area contributed by atoms with Gasteiger partial charge in [-0.05, 0) is 43.9 Å². The molecular weight excluding hydrogens is 402 g/mol. The van der Waals surface area contributed by atoms with Crippen LogP contribution in [0.15, 0.2) is 43.0 Å². The topological polar surface area (TPSA) is 72.2 Å². The van der Waals surface area contributed by atoms with Gasteiger partial charge >= 0.3 is 0 Å². The van der Waals surface area contributed by atoms with E-state index in [1.807, 2.05) is 17.1 Å². The third kappa shape index (κ3) is 4.97. The Bertz CT molecular complexity index is 1010. The summed E-state index contributed by atoms with van der Waals surface area (Å²) in [6, 6.07) is 6.67. The highest BCUT2D eigenvalue weighted by atomic mass is 16.5. The lowest BCUT2D eigenvalue weighted by atomic mass is 10.0. The van der Waals surface area contributed by atoms with Gasteiger partial charge in [0.15, 0.2) is 0 Å². The van der Waals surface area contributed by atoms with E-state index in [1.165, 1.54) is 24.1 Å². The van der Waals surface area contributed by atoms with Crippen LogP contribution < -0.4 is 4.90 Å². The normalized spacial score (nSPS) is 19.9. The van der Waals surface area contributed by atoms with Gasteiger partial charge < -0.3 is 9.64 Å². The maximum absolute atomic E-state index is 5.84. The quantitative estimate of drug-likeness (QED) is 0.592. The Morgan fingerprint density at radius 2 is 2.00 bits per heavy atom. The summed E-state index contributed by atoms with van der Waals surface area (Å²) >= 11 is 0. The number of benzene rings is 1. The second kappa shape index (κ2) is 9.75. The largest absolute Gasteiger partial charge is 0.376 e. The van der Waals surface area contributed by atoms with Crippen molar-refractivity contribution in [3.8, 4) is 11.3 Å². The van der Waals surface area contributed by atoms with E-state index in [0.29, 0.717) is 0 Å². The van der Waals surface area contributed by atoms with Crippen molar-refractivity contribution in [3.63, 3.8) is 0 Å². The number of rotatable bonds is 6. The lowest BCUT2D eigenvalue weighted by Gasteiger charge is -2.36. The van der Waals surface area contributed by atoms with E-state index in [4.69, 9.17) is 4.74 Å². The van der Waals surface area contributed by atoms with Gasteiger partial charge in [-0.15, -0.1) is 5.10 Å². The number of ether oxygens (including phenoxy) is 1. The Labute approximate surface area is 189 Å². The third-order valence-corrected chi connectivity index (χ3v) is 6.43. The molecular formula is C24H31N7O. The van der Waals surface area contributed by atoms with Crippen molar-refractivity contribution in [1.82, 2.24) is 29.9 Å². The molecule has 32 heavy (non-hydrogen) atoms. The molecule has 0 bridgehead atoms. The lowest BCUT2D eigenvalue weighted by Crippen LogP contribution is -2.46. The standard InChI is InChI=1S/C24H31N7O/c1-19-14-21(30-11-9-29(10-12-30)16-20-15-25-7-8-26-20)5-6-23(19)24-18-31(28-27-24)17-22-4-2-3-13-32-22/h5-8,14-15,18,22H,2-4,9-13,16-17H2,1H3. The summed E-state index contributed by atoms with van der Waals surface area (Å²) in [5, 5.41) is 8.77. The molecule has 1 aromatic carbocycles. The van der Waals surface area contributed by atoms with Gasteiger partial charge in [0.05, 0.1) is 24.5 Å². The van der Waals surface area contributed by atoms with E-state index in [9.17, 15) is 0 Å². The Morgan fingerprint density at radius 3 is 2.75 bits per heavy atom. The third-order valence-electron chi connectivity index (χ3n) is 6.43. The molecule has 0 saturated carbocycles. The van der Waals surface area contributed by atoms with Gasteiger partial charge in [-0.1, -0.05) is 11.3 Å². The number of hydrogen-bond acceptors (Lipinski definition) is 7. The second-order valence-corrected chi connectivity index (χ2v) is 8.77. The fraction of sp³-hybridized carbons (Fsp3) is 0.500. The number of hydrogen-bond donors (Lipinski definition) is 0. The van der Waals surface area contributed by atoms with Crippen LogP contribution in [0.1, 0.15) is 30.5 Å². The Hall–Kier alpha value is -2.84. The number of aromatic nitrogens is 5. The van der Waals surface area contributed by atoms with Crippen LogP contribution >= 0.6 is 0 Å². The molecule has 0 radical (unpaired) electrons. The summed E-state index contributed by atoms with van der Waals surface area (Å²) in [6.07, 6.45) is 11.2. The highest BCUT2D eigenvalue weighted by Crippen LogP contribution is 2.27. The number of piperazine rings is 1. The molecule has 0 aliphatic carbocycles. The van der Waals surface area contributed by atoms with Crippen molar-refractivity contribution in [1.29, 1.82) is 0 Å². The monoisotopic (exact) mass is 433 g/mol. The second-order valence-electron chi connectivity index (χ2n) is 8.77. The van der Waals surface area contributed by atoms with Gasteiger partial charge in [0.1, 0.15) is 5.69 Å². The summed E-state index contributed by atoms with van der Waals surface area (Å²) in [6.45, 7) is 8.73. The minimum atomic E-state index is 0.259. The van der Waals surface area contributed by atoms with Crippen LogP contribution in [0.5, 0.6) is 0 Å². The molecule has 2 aromatic heterocycles. The van der Waals surface area contributed by atoms with E-state index < -0.39 is 0 Å². The average Bonchev–Trinajstić information content (AvgIpc) is 3.29. The highest BCUT2D eigenvalue weighted by molar-refractivity contribution is 5.67. The van der Waals surface area contributed by atoms with E-state index in [0.717, 1.165) is 69.2 Å². The molecule has 8 nitrogen and oxygen atoms in total. The summed E-state index contributed by atoms with van der Waals surface area (Å²) in [5.41, 5.74) is 5.60. The number of anilines is 1. The maximum atomic E-state index is 5.84. The Balaban J connectivity index is 1.19. The van der Waals surface area contributed by atoms with Crippen LogP contribution in [-0.2, 0) is 17.8 Å². The van der Waals surface area contributed by atoms with E-state index in [1.54, 1.807) is 12.4 Å². The molecule has 8 heteroatoms. The first-order chi connectivity index (χ1) is 15.7. The molecule has 0 amide bonds. The van der Waals surface area contributed by atoms with Gasteiger partial charge in [-0.3, -0.25) is 14.9 Å². The zero-order chi connectivity index (χ0) is 21.8. The molecule has 2 aliphatic rings. The van der Waals surface area contributed by atoms with Crippen molar-refractivity contribution in [3.05, 3.63) is 54.2 Å². The van der Waals surface area contributed by atoms with Gasteiger partial charge in [-0.25, -0.2) is 4.68 Å². The fourth-order valence-corrected chi connectivity index (χ4v) is 4.61. The van der Waals surface area contributed by atoms with Gasteiger partial charge in [0.2, 0.25) is 0 Å². The minimum Gasteiger partial charge on any atom is -0.376 e. The molecule has 2 saturated heterocycles. The molecule has 168 valence electrons. The molecule has 1 atom stereocenters. The predicted molar refractivity (Wildman–Crippen MR) is 123 cm³/mol. The fourth-order valence-electron chi connectivity index (χ4n) is 4.61. The van der Waals surface area contributed by atoms with Gasteiger partial charge in [0.25, 0.3) is 0 Å². The van der Waals surface area contributed by atoms with Crippen LogP contribution in [0.25, 0.3) is 11.3 Å². The van der Waals surface area contributed by atoms with Gasteiger partial charge in [0, 0.05) is 69.2 Å². The highest BCUT2D eigenvalue weighted by Gasteiger charge is 2.19. The first kappa shape index (κ1) is 21.0. The summed E-state index contributed by atoms with van der Waals surface area (Å²) in [7, 11) is 0. The lowest BCUT2D eigenvalue weighted by molar-refractivity contribution is 0.00370. The average molecular weight is 434 g/mol. The molecule has 2 fully saturated rings. The number of nitrogens with zero attached hydrogens (tertiary/aromatic N) is 7. The van der Waals surface area contributed by atoms with Gasteiger partial charge in [-0.2, -0.15) is 0 Å². The predicted octanol–water partition coefficient (Wildman–Crippen LogP) is 2.93. The van der Waals surface area contributed by atoms with Crippen LogP contribution in [0.3, 0.4) is 0 Å². The Kier molecular flexibility index (Phi) is 6.41. The van der Waals surface area contributed by atoms with E-state index in [-0.39, 0.29) is 6.10 Å². The van der Waals surface area contributed by atoms with Crippen molar-refractivity contribution in [2.75, 3.05) is 37.7 Å². The molecule has 1 unspecified atom stereocenters. The van der Waals surface area contributed by atoms with Crippen molar-refractivity contribution < 1.29 is 4.74 Å². The maximum Gasteiger partial charge on any atom is 0.113 e. The smallest absolute Gasteiger partial charge is 0.113 e. The van der Waals surface area contributed by atoms with E-state index in [2.05, 4.69) is 55.2 Å².